The number of guanidine groups is 1. The Bertz CT molecular complexity index is 289. The van der Waals surface area contributed by atoms with Crippen LogP contribution in [0.15, 0.2) is 10.2 Å². The first-order chi connectivity index (χ1) is 8.25. The monoisotopic (exact) mass is 236 g/mol. The first-order valence-corrected chi connectivity index (χ1v) is 6.90. The highest BCUT2D eigenvalue weighted by molar-refractivity contribution is 5.86. The molecule has 0 aliphatic heterocycles. The molecule has 2 saturated carbocycles. The predicted molar refractivity (Wildman–Crippen MR) is 71.8 cm³/mol. The number of hydrogen-bond donors (Lipinski definition) is 2. The first kappa shape index (κ1) is 12.4. The van der Waals surface area contributed by atoms with Gasteiger partial charge in [-0.2, -0.15) is 5.10 Å². The van der Waals surface area contributed by atoms with Gasteiger partial charge < -0.3 is 11.5 Å². The van der Waals surface area contributed by atoms with Gasteiger partial charge in [-0.15, -0.1) is 5.10 Å². The summed E-state index contributed by atoms with van der Waals surface area (Å²) in [6, 6.07) is 0. The van der Waals surface area contributed by atoms with Crippen molar-refractivity contribution < 1.29 is 0 Å². The van der Waals surface area contributed by atoms with E-state index in [1.54, 1.807) is 0 Å². The Labute approximate surface area is 104 Å². The van der Waals surface area contributed by atoms with Crippen LogP contribution in [0.2, 0.25) is 0 Å². The van der Waals surface area contributed by atoms with Crippen molar-refractivity contribution >= 4 is 11.7 Å². The molecule has 2 rings (SSSR count). The molecule has 0 unspecified atom stereocenters. The van der Waals surface area contributed by atoms with Gasteiger partial charge in [-0.25, -0.2) is 0 Å². The van der Waals surface area contributed by atoms with Gasteiger partial charge in [0.05, 0.1) is 0 Å². The lowest BCUT2D eigenvalue weighted by molar-refractivity contribution is 0.221. The lowest BCUT2D eigenvalue weighted by Crippen LogP contribution is -2.24. The van der Waals surface area contributed by atoms with E-state index in [-0.39, 0.29) is 5.96 Å². The molecule has 2 aliphatic carbocycles. The van der Waals surface area contributed by atoms with Crippen molar-refractivity contribution in [2.45, 2.75) is 57.8 Å². The van der Waals surface area contributed by atoms with Crippen LogP contribution in [-0.2, 0) is 0 Å². The van der Waals surface area contributed by atoms with Crippen molar-refractivity contribution in [1.82, 2.24) is 0 Å². The topological polar surface area (TPSA) is 76.8 Å². The van der Waals surface area contributed by atoms with Gasteiger partial charge in [0.15, 0.2) is 0 Å². The third-order valence-electron chi connectivity index (χ3n) is 4.23. The van der Waals surface area contributed by atoms with Crippen LogP contribution in [0.3, 0.4) is 0 Å². The molecule has 0 radical (unpaired) electrons. The maximum absolute atomic E-state index is 5.27. The van der Waals surface area contributed by atoms with Crippen LogP contribution >= 0.6 is 0 Å². The summed E-state index contributed by atoms with van der Waals surface area (Å²) in [6.07, 6.45) is 12.0. The summed E-state index contributed by atoms with van der Waals surface area (Å²) in [5.41, 5.74) is 11.7. The molecule has 4 heteroatoms. The summed E-state index contributed by atoms with van der Waals surface area (Å²) in [7, 11) is 0. The van der Waals surface area contributed by atoms with Crippen LogP contribution in [0.5, 0.6) is 0 Å². The second-order valence-electron chi connectivity index (χ2n) is 5.43. The zero-order valence-corrected chi connectivity index (χ0v) is 10.6. The molecule has 4 nitrogen and oxygen atoms in total. The third kappa shape index (κ3) is 3.72. The number of hydrogen-bond acceptors (Lipinski definition) is 2. The molecule has 0 aromatic rings. The maximum atomic E-state index is 5.27. The summed E-state index contributed by atoms with van der Waals surface area (Å²) in [6.45, 7) is 0. The minimum atomic E-state index is 0.0619. The van der Waals surface area contributed by atoms with Crippen molar-refractivity contribution in [3.05, 3.63) is 0 Å². The van der Waals surface area contributed by atoms with Crippen LogP contribution in [0.4, 0.5) is 0 Å². The van der Waals surface area contributed by atoms with Crippen LogP contribution in [0.25, 0.3) is 0 Å². The summed E-state index contributed by atoms with van der Waals surface area (Å²) in [5, 5.41) is 7.86. The second kappa shape index (κ2) is 6.03. The highest BCUT2D eigenvalue weighted by atomic mass is 15.3. The van der Waals surface area contributed by atoms with Crippen molar-refractivity contribution in [1.29, 1.82) is 0 Å². The molecular formula is C13H24N4. The van der Waals surface area contributed by atoms with E-state index >= 15 is 0 Å². The van der Waals surface area contributed by atoms with E-state index in [1.807, 2.05) is 0 Å². The Morgan fingerprint density at radius 3 is 2.06 bits per heavy atom. The van der Waals surface area contributed by atoms with Crippen LogP contribution in [0.1, 0.15) is 57.8 Å². The summed E-state index contributed by atoms with van der Waals surface area (Å²) < 4.78 is 0. The molecule has 0 heterocycles. The smallest absolute Gasteiger partial charge is 0.211 e. The van der Waals surface area contributed by atoms with Gasteiger partial charge in [-0.05, 0) is 37.5 Å². The number of rotatable bonds is 2. The minimum Gasteiger partial charge on any atom is -0.369 e. The lowest BCUT2D eigenvalue weighted by Gasteiger charge is -2.33. The van der Waals surface area contributed by atoms with E-state index in [0.29, 0.717) is 0 Å². The summed E-state index contributed by atoms with van der Waals surface area (Å²) in [4.78, 5) is 0. The minimum absolute atomic E-state index is 0.0619. The molecule has 2 aliphatic rings. The number of nitrogens with two attached hydrogens (primary N) is 2. The molecule has 0 aromatic carbocycles. The molecule has 0 aromatic heterocycles. The average Bonchev–Trinajstić information content (AvgIpc) is 2.38. The van der Waals surface area contributed by atoms with Crippen molar-refractivity contribution in [3.63, 3.8) is 0 Å². The SMILES string of the molecule is NC(N)=NN=C1CCC(C2CCCCC2)CC1. The Morgan fingerprint density at radius 2 is 1.47 bits per heavy atom. The zero-order chi connectivity index (χ0) is 12.1. The molecule has 0 amide bonds. The van der Waals surface area contributed by atoms with Crippen LogP contribution < -0.4 is 11.5 Å². The Kier molecular flexibility index (Phi) is 4.40. The van der Waals surface area contributed by atoms with Crippen LogP contribution in [0, 0.1) is 11.8 Å². The normalized spacial score (nSPS) is 26.6. The number of nitrogens with zero attached hydrogens (tertiary/aromatic N) is 2. The van der Waals surface area contributed by atoms with Gasteiger partial charge in [0, 0.05) is 5.71 Å². The zero-order valence-electron chi connectivity index (χ0n) is 10.6. The first-order valence-electron chi connectivity index (χ1n) is 6.90. The van der Waals surface area contributed by atoms with Crippen LogP contribution in [-0.4, -0.2) is 11.7 Å². The fourth-order valence-electron chi connectivity index (χ4n) is 3.28. The quantitative estimate of drug-likeness (QED) is 0.439. The van der Waals surface area contributed by atoms with E-state index in [0.717, 1.165) is 24.7 Å². The van der Waals surface area contributed by atoms with Gasteiger partial charge in [0.2, 0.25) is 5.96 Å². The average molecular weight is 236 g/mol. The molecule has 17 heavy (non-hydrogen) atoms. The second-order valence-corrected chi connectivity index (χ2v) is 5.43. The molecule has 0 spiro atoms. The highest BCUT2D eigenvalue weighted by Crippen LogP contribution is 2.37. The predicted octanol–water partition coefficient (Wildman–Crippen LogP) is 2.39. The summed E-state index contributed by atoms with van der Waals surface area (Å²) in [5.74, 6) is 1.97. The van der Waals surface area contributed by atoms with Gasteiger partial charge in [0.1, 0.15) is 0 Å². The van der Waals surface area contributed by atoms with Crippen molar-refractivity contribution in [2.75, 3.05) is 0 Å². The maximum Gasteiger partial charge on any atom is 0.211 e. The molecule has 0 bridgehead atoms. The highest BCUT2D eigenvalue weighted by Gasteiger charge is 2.26. The van der Waals surface area contributed by atoms with E-state index < -0.39 is 0 Å². The fraction of sp³-hybridized carbons (Fsp3) is 0.846. The summed E-state index contributed by atoms with van der Waals surface area (Å²) >= 11 is 0. The Morgan fingerprint density at radius 1 is 0.882 bits per heavy atom. The van der Waals surface area contributed by atoms with E-state index in [4.69, 9.17) is 11.5 Å². The third-order valence-corrected chi connectivity index (χ3v) is 4.23. The van der Waals surface area contributed by atoms with Gasteiger partial charge in [0.25, 0.3) is 0 Å². The molecule has 96 valence electrons. The molecule has 4 N–H and O–H groups in total. The van der Waals surface area contributed by atoms with Gasteiger partial charge >= 0.3 is 0 Å². The Balaban J connectivity index is 1.81. The fourth-order valence-corrected chi connectivity index (χ4v) is 3.28. The van der Waals surface area contributed by atoms with Crippen molar-refractivity contribution in [3.8, 4) is 0 Å². The van der Waals surface area contributed by atoms with E-state index in [1.165, 1.54) is 50.7 Å². The van der Waals surface area contributed by atoms with Crippen molar-refractivity contribution in [2.24, 2.45) is 33.5 Å². The van der Waals surface area contributed by atoms with E-state index in [2.05, 4.69) is 10.2 Å². The largest absolute Gasteiger partial charge is 0.369 e. The molecule has 0 atom stereocenters. The van der Waals surface area contributed by atoms with Gasteiger partial charge in [-0.3, -0.25) is 0 Å². The van der Waals surface area contributed by atoms with Gasteiger partial charge in [-0.1, -0.05) is 32.1 Å². The molecule has 2 fully saturated rings. The molecular weight excluding hydrogens is 212 g/mol. The molecule has 0 saturated heterocycles. The lowest BCUT2D eigenvalue weighted by atomic mass is 9.73. The Hall–Kier alpha value is -1.06. The standard InChI is InChI=1S/C13H24N4/c14-13(15)17-16-12-8-6-11(7-9-12)10-4-2-1-3-5-10/h10-11H,1-9H2,(H4,14,15,17). The van der Waals surface area contributed by atoms with E-state index in [9.17, 15) is 0 Å².